The van der Waals surface area contributed by atoms with Crippen molar-refractivity contribution in [3.63, 3.8) is 0 Å². The van der Waals surface area contributed by atoms with Crippen molar-refractivity contribution in [1.29, 1.82) is 0 Å². The summed E-state index contributed by atoms with van der Waals surface area (Å²) in [6, 6.07) is 11.8. The van der Waals surface area contributed by atoms with Gasteiger partial charge in [-0.2, -0.15) is 0 Å². The molecule has 1 fully saturated rings. The maximum absolute atomic E-state index is 13.8. The predicted octanol–water partition coefficient (Wildman–Crippen LogP) is 5.17. The highest BCUT2D eigenvalue weighted by Gasteiger charge is 2.41. The summed E-state index contributed by atoms with van der Waals surface area (Å²) in [5.74, 6) is -0.405. The van der Waals surface area contributed by atoms with Crippen molar-refractivity contribution in [2.45, 2.75) is 90.7 Å². The predicted molar refractivity (Wildman–Crippen MR) is 180 cm³/mol. The van der Waals surface area contributed by atoms with Crippen molar-refractivity contribution >= 4 is 29.9 Å². The second kappa shape index (κ2) is 18.8. The Labute approximate surface area is 283 Å². The third-order valence-corrected chi connectivity index (χ3v) is 8.80. The molecular weight excluding hydrogens is 616 g/mol. The van der Waals surface area contributed by atoms with Gasteiger partial charge in [0.1, 0.15) is 24.2 Å². The minimum atomic E-state index is -0.874. The van der Waals surface area contributed by atoms with Gasteiger partial charge in [-0.25, -0.2) is 4.79 Å². The molecule has 1 aliphatic rings. The summed E-state index contributed by atoms with van der Waals surface area (Å²) in [5, 5.41) is 2.78. The molecule has 1 unspecified atom stereocenters. The number of nitrogens with zero attached hydrogens (tertiary/aromatic N) is 1. The lowest BCUT2D eigenvalue weighted by molar-refractivity contribution is -0.164. The standard InChI is InChI=1S/C37H50N2O9/c1-6-37(2,3)34(42)35(43)39-21-10-8-15-29(39)36(44)48-30(18-16-26-17-19-31(45-4)32(23-26)46-5)27-13-12-14-28(24-27)47-25-33(41)38-20-9-7-11-22-40/h12-14,17,19,22-24,29-30H,6-11,15-16,18,20-21,25H2,1-5H3,(H,38,41)/t29-,30?/m0/s1. The van der Waals surface area contributed by atoms with Crippen molar-refractivity contribution in [2.75, 3.05) is 33.9 Å². The average molecular weight is 667 g/mol. The number of likely N-dealkylation sites (tertiary alicyclic amines) is 1. The highest BCUT2D eigenvalue weighted by molar-refractivity contribution is 6.38. The van der Waals surface area contributed by atoms with Gasteiger partial charge in [-0.3, -0.25) is 14.4 Å². The van der Waals surface area contributed by atoms with Crippen LogP contribution in [0.5, 0.6) is 17.2 Å². The molecule has 11 nitrogen and oxygen atoms in total. The summed E-state index contributed by atoms with van der Waals surface area (Å²) >= 11 is 0. The number of Topliss-reactive ketones (excluding diaryl/α,β-unsaturated/α-hetero) is 1. The van der Waals surface area contributed by atoms with Gasteiger partial charge in [-0.05, 0) is 86.8 Å². The first kappa shape index (κ1) is 38.0. The zero-order valence-corrected chi connectivity index (χ0v) is 28.9. The molecule has 2 atom stereocenters. The van der Waals surface area contributed by atoms with Gasteiger partial charge < -0.3 is 34.0 Å². The van der Waals surface area contributed by atoms with Gasteiger partial charge in [0, 0.05) is 24.9 Å². The van der Waals surface area contributed by atoms with Crippen LogP contribution in [-0.4, -0.2) is 74.7 Å². The summed E-state index contributed by atoms with van der Waals surface area (Å²) in [4.78, 5) is 64.5. The summed E-state index contributed by atoms with van der Waals surface area (Å²) in [7, 11) is 3.13. The Kier molecular flexibility index (Phi) is 14.9. The molecule has 2 amide bonds. The van der Waals surface area contributed by atoms with Crippen LogP contribution in [0.4, 0.5) is 0 Å². The molecule has 2 aromatic carbocycles. The fourth-order valence-electron chi connectivity index (χ4n) is 5.43. The molecule has 48 heavy (non-hydrogen) atoms. The Bertz CT molecular complexity index is 1410. The second-order valence-corrected chi connectivity index (χ2v) is 12.6. The number of esters is 1. The number of carbonyl (C=O) groups is 5. The number of amides is 2. The number of hydrogen-bond donors (Lipinski definition) is 1. The fourth-order valence-corrected chi connectivity index (χ4v) is 5.43. The first-order valence-electron chi connectivity index (χ1n) is 16.7. The summed E-state index contributed by atoms with van der Waals surface area (Å²) in [6.45, 7) is 5.90. The van der Waals surface area contributed by atoms with E-state index in [4.69, 9.17) is 18.9 Å². The van der Waals surface area contributed by atoms with Crippen LogP contribution in [0.25, 0.3) is 0 Å². The van der Waals surface area contributed by atoms with Crippen LogP contribution in [0.2, 0.25) is 0 Å². The van der Waals surface area contributed by atoms with Crippen molar-refractivity contribution < 1.29 is 42.9 Å². The van der Waals surface area contributed by atoms with Crippen LogP contribution in [-0.2, 0) is 35.1 Å². The first-order chi connectivity index (χ1) is 23.0. The molecule has 1 aliphatic heterocycles. The maximum Gasteiger partial charge on any atom is 0.329 e. The number of ketones is 1. The zero-order valence-electron chi connectivity index (χ0n) is 28.9. The molecule has 0 saturated carbocycles. The summed E-state index contributed by atoms with van der Waals surface area (Å²) < 4.78 is 22.8. The normalized spacial score (nSPS) is 15.2. The molecular formula is C37H50N2O9. The lowest BCUT2D eigenvalue weighted by Crippen LogP contribution is -2.53. The third-order valence-electron chi connectivity index (χ3n) is 8.80. The lowest BCUT2D eigenvalue weighted by atomic mass is 9.84. The van der Waals surface area contributed by atoms with E-state index in [-0.39, 0.29) is 12.5 Å². The largest absolute Gasteiger partial charge is 0.493 e. The van der Waals surface area contributed by atoms with Crippen LogP contribution < -0.4 is 19.5 Å². The van der Waals surface area contributed by atoms with Crippen molar-refractivity contribution in [1.82, 2.24) is 10.2 Å². The third kappa shape index (κ3) is 10.8. The average Bonchev–Trinajstić information content (AvgIpc) is 3.11. The minimum Gasteiger partial charge on any atom is -0.493 e. The van der Waals surface area contributed by atoms with E-state index in [2.05, 4.69) is 5.32 Å². The summed E-state index contributed by atoms with van der Waals surface area (Å²) in [5.41, 5.74) is 0.763. The maximum atomic E-state index is 13.8. The van der Waals surface area contributed by atoms with E-state index in [0.717, 1.165) is 18.3 Å². The van der Waals surface area contributed by atoms with Crippen molar-refractivity contribution in [3.8, 4) is 17.2 Å². The number of nitrogens with one attached hydrogen (secondary N) is 1. The molecule has 3 rings (SSSR count). The molecule has 1 N–H and O–H groups in total. The van der Waals surface area contributed by atoms with Gasteiger partial charge in [0.2, 0.25) is 5.78 Å². The molecule has 0 radical (unpaired) electrons. The molecule has 0 aliphatic carbocycles. The first-order valence-corrected chi connectivity index (χ1v) is 16.7. The number of aryl methyl sites for hydroxylation is 1. The highest BCUT2D eigenvalue weighted by Crippen LogP contribution is 2.32. The quantitative estimate of drug-likeness (QED) is 0.0932. The Morgan fingerprint density at radius 1 is 1.02 bits per heavy atom. The Balaban J connectivity index is 1.80. The van der Waals surface area contributed by atoms with E-state index >= 15 is 0 Å². The van der Waals surface area contributed by atoms with Gasteiger partial charge in [0.05, 0.1) is 14.2 Å². The molecule has 1 saturated heterocycles. The van der Waals surface area contributed by atoms with Crippen LogP contribution in [0.1, 0.15) is 89.4 Å². The number of benzene rings is 2. The number of piperidine rings is 1. The highest BCUT2D eigenvalue weighted by atomic mass is 16.5. The van der Waals surface area contributed by atoms with Gasteiger partial charge >= 0.3 is 5.97 Å². The SMILES string of the molecule is CCC(C)(C)C(=O)C(=O)N1CCCC[C@H]1C(=O)OC(CCc1ccc(OC)c(OC)c1)c1cccc(OCC(=O)NCCCCC=O)c1. The molecule has 1 heterocycles. The second-order valence-electron chi connectivity index (χ2n) is 12.6. The van der Waals surface area contributed by atoms with Gasteiger partial charge in [-0.15, -0.1) is 0 Å². The van der Waals surface area contributed by atoms with E-state index in [0.29, 0.717) is 87.3 Å². The van der Waals surface area contributed by atoms with Crippen LogP contribution >= 0.6 is 0 Å². The van der Waals surface area contributed by atoms with E-state index in [1.165, 1.54) is 4.90 Å². The number of carbonyl (C=O) groups excluding carboxylic acids is 5. The van der Waals surface area contributed by atoms with Crippen molar-refractivity contribution in [2.24, 2.45) is 5.41 Å². The Morgan fingerprint density at radius 2 is 1.79 bits per heavy atom. The van der Waals surface area contributed by atoms with Crippen molar-refractivity contribution in [3.05, 3.63) is 53.6 Å². The topological polar surface area (TPSA) is 138 Å². The molecule has 11 heteroatoms. The van der Waals surface area contributed by atoms with Gasteiger partial charge in [0.15, 0.2) is 18.1 Å². The van der Waals surface area contributed by atoms with E-state index < -0.39 is 35.2 Å². The Hall–Kier alpha value is -4.41. The number of rotatable bonds is 19. The van der Waals surface area contributed by atoms with E-state index in [1.54, 1.807) is 46.3 Å². The molecule has 0 bridgehead atoms. The monoisotopic (exact) mass is 666 g/mol. The minimum absolute atomic E-state index is 0.200. The molecule has 262 valence electrons. The number of methoxy groups -OCH3 is 2. The van der Waals surface area contributed by atoms with Crippen LogP contribution in [0.15, 0.2) is 42.5 Å². The Morgan fingerprint density at radius 3 is 2.50 bits per heavy atom. The number of unbranched alkanes of at least 4 members (excludes halogenated alkanes) is 2. The number of ether oxygens (including phenoxy) is 4. The molecule has 0 aromatic heterocycles. The smallest absolute Gasteiger partial charge is 0.329 e. The zero-order chi connectivity index (χ0) is 35.1. The molecule has 0 spiro atoms. The van der Waals surface area contributed by atoms with Crippen LogP contribution in [0.3, 0.4) is 0 Å². The van der Waals surface area contributed by atoms with E-state index in [1.807, 2.05) is 31.2 Å². The lowest BCUT2D eigenvalue weighted by Gasteiger charge is -2.36. The number of aldehydes is 1. The molecule has 2 aromatic rings. The van der Waals surface area contributed by atoms with Gasteiger partial charge in [0.25, 0.3) is 11.8 Å². The van der Waals surface area contributed by atoms with E-state index in [9.17, 15) is 24.0 Å². The van der Waals surface area contributed by atoms with Crippen LogP contribution in [0, 0.1) is 5.41 Å². The fraction of sp³-hybridized carbons (Fsp3) is 0.541. The van der Waals surface area contributed by atoms with Gasteiger partial charge in [-0.1, -0.05) is 39.0 Å². The number of hydrogen-bond acceptors (Lipinski definition) is 9. The summed E-state index contributed by atoms with van der Waals surface area (Å²) in [6.07, 6.45) is 5.25.